The summed E-state index contributed by atoms with van der Waals surface area (Å²) in [5, 5.41) is 13.1. The van der Waals surface area contributed by atoms with Gasteiger partial charge in [-0.05, 0) is 29.6 Å². The monoisotopic (exact) mass is 304 g/mol. The molecule has 1 atom stereocenters. The highest BCUT2D eigenvalue weighted by Crippen LogP contribution is 2.37. The van der Waals surface area contributed by atoms with Crippen LogP contribution in [0.15, 0.2) is 46.2 Å². The van der Waals surface area contributed by atoms with Gasteiger partial charge in [-0.3, -0.25) is 0 Å². The van der Waals surface area contributed by atoms with E-state index >= 15 is 0 Å². The maximum atomic E-state index is 13.6. The SMILES string of the molecule is OC(c1cc2cccc(F)c2o1)c1cc2sccc2s1. The molecule has 0 aliphatic carbocycles. The molecule has 3 heterocycles. The van der Waals surface area contributed by atoms with E-state index in [1.807, 2.05) is 17.5 Å². The van der Waals surface area contributed by atoms with Gasteiger partial charge in [0.1, 0.15) is 11.9 Å². The molecule has 1 aromatic carbocycles. The number of fused-ring (bicyclic) bond motifs is 2. The molecule has 0 bridgehead atoms. The average molecular weight is 304 g/mol. The number of aliphatic hydroxyl groups excluding tert-OH is 1. The molecule has 0 radical (unpaired) electrons. The van der Waals surface area contributed by atoms with Crippen molar-refractivity contribution >= 4 is 43.0 Å². The van der Waals surface area contributed by atoms with Crippen LogP contribution < -0.4 is 0 Å². The molecule has 0 saturated carbocycles. The highest BCUT2D eigenvalue weighted by molar-refractivity contribution is 7.26. The minimum absolute atomic E-state index is 0.194. The lowest BCUT2D eigenvalue weighted by Crippen LogP contribution is -1.93. The van der Waals surface area contributed by atoms with Crippen LogP contribution in [0.5, 0.6) is 0 Å². The van der Waals surface area contributed by atoms with Crippen molar-refractivity contribution in [2.24, 2.45) is 0 Å². The Kier molecular flexibility index (Phi) is 2.66. The zero-order valence-corrected chi connectivity index (χ0v) is 11.8. The van der Waals surface area contributed by atoms with E-state index in [1.165, 1.54) is 17.4 Å². The third kappa shape index (κ3) is 1.78. The fourth-order valence-corrected chi connectivity index (χ4v) is 4.36. The number of hydrogen-bond acceptors (Lipinski definition) is 4. The molecule has 0 aliphatic heterocycles. The van der Waals surface area contributed by atoms with Crippen molar-refractivity contribution in [3.05, 3.63) is 58.2 Å². The number of hydrogen-bond donors (Lipinski definition) is 1. The number of thiophene rings is 2. The van der Waals surface area contributed by atoms with Crippen molar-refractivity contribution in [2.75, 3.05) is 0 Å². The maximum absolute atomic E-state index is 13.6. The number of halogens is 1. The van der Waals surface area contributed by atoms with Crippen LogP contribution in [0, 0.1) is 5.82 Å². The van der Waals surface area contributed by atoms with Crippen molar-refractivity contribution < 1.29 is 13.9 Å². The molecule has 0 saturated heterocycles. The first-order chi connectivity index (χ1) is 9.72. The molecule has 0 spiro atoms. The van der Waals surface area contributed by atoms with Crippen molar-refractivity contribution in [3.63, 3.8) is 0 Å². The summed E-state index contributed by atoms with van der Waals surface area (Å²) in [5.74, 6) is -0.0351. The predicted molar refractivity (Wildman–Crippen MR) is 79.9 cm³/mol. The molecule has 0 amide bonds. The number of para-hydroxylation sites is 1. The van der Waals surface area contributed by atoms with E-state index in [9.17, 15) is 9.50 Å². The predicted octanol–water partition coefficient (Wildman–Crippen LogP) is 4.93. The van der Waals surface area contributed by atoms with Crippen LogP contribution in [0.25, 0.3) is 20.4 Å². The van der Waals surface area contributed by atoms with Gasteiger partial charge in [0.15, 0.2) is 11.4 Å². The van der Waals surface area contributed by atoms with Crippen LogP contribution in [0.3, 0.4) is 0 Å². The topological polar surface area (TPSA) is 33.4 Å². The minimum Gasteiger partial charge on any atom is -0.455 e. The maximum Gasteiger partial charge on any atom is 0.170 e. The summed E-state index contributed by atoms with van der Waals surface area (Å²) >= 11 is 3.16. The third-order valence-corrected chi connectivity index (χ3v) is 5.36. The molecule has 4 rings (SSSR count). The average Bonchev–Trinajstić information content (AvgIpc) is 3.11. The van der Waals surface area contributed by atoms with Crippen molar-refractivity contribution in [3.8, 4) is 0 Å². The fraction of sp³-hybridized carbons (Fsp3) is 0.0667. The van der Waals surface area contributed by atoms with Gasteiger partial charge in [0.25, 0.3) is 0 Å². The first-order valence-electron chi connectivity index (χ1n) is 6.05. The van der Waals surface area contributed by atoms with Gasteiger partial charge in [0, 0.05) is 19.7 Å². The Morgan fingerprint density at radius 1 is 1.15 bits per heavy atom. The number of furan rings is 1. The Labute approximate surface area is 121 Å². The Morgan fingerprint density at radius 2 is 2.05 bits per heavy atom. The Bertz CT molecular complexity index is 874. The van der Waals surface area contributed by atoms with E-state index in [1.54, 1.807) is 29.5 Å². The van der Waals surface area contributed by atoms with E-state index in [-0.39, 0.29) is 5.58 Å². The van der Waals surface area contributed by atoms with Gasteiger partial charge in [-0.1, -0.05) is 12.1 Å². The molecule has 4 aromatic rings. The van der Waals surface area contributed by atoms with Gasteiger partial charge >= 0.3 is 0 Å². The summed E-state index contributed by atoms with van der Waals surface area (Å²) < 4.78 is 21.4. The van der Waals surface area contributed by atoms with Crippen molar-refractivity contribution in [2.45, 2.75) is 6.10 Å². The smallest absolute Gasteiger partial charge is 0.170 e. The molecule has 3 aromatic heterocycles. The van der Waals surface area contributed by atoms with Gasteiger partial charge in [-0.25, -0.2) is 4.39 Å². The van der Waals surface area contributed by atoms with E-state index in [4.69, 9.17) is 4.42 Å². The summed E-state index contributed by atoms with van der Waals surface area (Å²) in [7, 11) is 0. The van der Waals surface area contributed by atoms with E-state index < -0.39 is 11.9 Å². The van der Waals surface area contributed by atoms with Gasteiger partial charge in [-0.15, -0.1) is 22.7 Å². The summed E-state index contributed by atoms with van der Waals surface area (Å²) in [6.45, 7) is 0. The Hall–Kier alpha value is -1.69. The normalized spacial score (nSPS) is 13.3. The van der Waals surface area contributed by atoms with Crippen molar-refractivity contribution in [1.29, 1.82) is 0 Å². The van der Waals surface area contributed by atoms with Crippen LogP contribution >= 0.6 is 22.7 Å². The lowest BCUT2D eigenvalue weighted by atomic mass is 10.2. The first kappa shape index (κ1) is 12.1. The molecule has 1 N–H and O–H groups in total. The molecule has 0 fully saturated rings. The molecule has 1 unspecified atom stereocenters. The van der Waals surface area contributed by atoms with Gasteiger partial charge in [0.05, 0.1) is 0 Å². The largest absolute Gasteiger partial charge is 0.455 e. The van der Waals surface area contributed by atoms with E-state index in [0.29, 0.717) is 11.1 Å². The zero-order valence-electron chi connectivity index (χ0n) is 10.2. The summed E-state index contributed by atoms with van der Waals surface area (Å²) in [5.41, 5.74) is 0.194. The molecule has 2 nitrogen and oxygen atoms in total. The van der Waals surface area contributed by atoms with Crippen LogP contribution in [-0.4, -0.2) is 5.11 Å². The summed E-state index contributed by atoms with van der Waals surface area (Å²) in [6, 6.07) is 10.4. The van der Waals surface area contributed by atoms with Gasteiger partial charge < -0.3 is 9.52 Å². The molecular formula is C15H9FO2S2. The lowest BCUT2D eigenvalue weighted by molar-refractivity contribution is 0.195. The first-order valence-corrected chi connectivity index (χ1v) is 7.75. The lowest BCUT2D eigenvalue weighted by Gasteiger charge is -2.03. The number of aliphatic hydroxyl groups is 1. The highest BCUT2D eigenvalue weighted by atomic mass is 32.1. The summed E-state index contributed by atoms with van der Waals surface area (Å²) in [6.07, 6.45) is -0.855. The second-order valence-corrected chi connectivity index (χ2v) is 6.57. The molecule has 100 valence electrons. The number of benzene rings is 1. The number of rotatable bonds is 2. The van der Waals surface area contributed by atoms with Crippen LogP contribution in [0.1, 0.15) is 16.7 Å². The molecule has 0 aliphatic rings. The molecular weight excluding hydrogens is 295 g/mol. The van der Waals surface area contributed by atoms with E-state index in [2.05, 4.69) is 0 Å². The third-order valence-electron chi connectivity index (χ3n) is 3.21. The molecule has 20 heavy (non-hydrogen) atoms. The summed E-state index contributed by atoms with van der Waals surface area (Å²) in [4.78, 5) is 0.811. The zero-order chi connectivity index (χ0) is 13.7. The quantitative estimate of drug-likeness (QED) is 0.569. The second-order valence-electron chi connectivity index (χ2n) is 4.51. The van der Waals surface area contributed by atoms with Crippen LogP contribution in [0.2, 0.25) is 0 Å². The van der Waals surface area contributed by atoms with E-state index in [0.717, 1.165) is 14.3 Å². The fourth-order valence-electron chi connectivity index (χ4n) is 2.24. The minimum atomic E-state index is -0.855. The van der Waals surface area contributed by atoms with Gasteiger partial charge in [-0.2, -0.15) is 0 Å². The van der Waals surface area contributed by atoms with Gasteiger partial charge in [0.2, 0.25) is 0 Å². The van der Waals surface area contributed by atoms with Crippen LogP contribution in [0.4, 0.5) is 4.39 Å². The Morgan fingerprint density at radius 3 is 2.85 bits per heavy atom. The second kappa shape index (κ2) is 4.41. The highest BCUT2D eigenvalue weighted by Gasteiger charge is 2.19. The standard InChI is InChI=1S/C15H9FO2S2/c16-9-3-1-2-8-6-10(18-15(8)9)14(17)13-7-12-11(20-13)4-5-19-12/h1-7,14,17H. The Balaban J connectivity index is 1.81. The molecule has 5 heteroatoms. The van der Waals surface area contributed by atoms with Crippen molar-refractivity contribution in [1.82, 2.24) is 0 Å². The van der Waals surface area contributed by atoms with Crippen LogP contribution in [-0.2, 0) is 0 Å².